The minimum atomic E-state index is -1.07. The van der Waals surface area contributed by atoms with Gasteiger partial charge in [-0.15, -0.1) is 12.3 Å². The van der Waals surface area contributed by atoms with Crippen molar-refractivity contribution < 1.29 is 0 Å². The van der Waals surface area contributed by atoms with Gasteiger partial charge in [-0.2, -0.15) is 0 Å². The lowest BCUT2D eigenvalue weighted by atomic mass is 10.6. The van der Waals surface area contributed by atoms with E-state index in [9.17, 15) is 0 Å². The van der Waals surface area contributed by atoms with Gasteiger partial charge in [-0.1, -0.05) is 38.7 Å². The second kappa shape index (κ2) is 5.28. The van der Waals surface area contributed by atoms with E-state index in [4.69, 9.17) is 0 Å². The highest BCUT2D eigenvalue weighted by Crippen LogP contribution is 2.21. The van der Waals surface area contributed by atoms with Crippen LogP contribution in [0.2, 0.25) is 38.3 Å². The van der Waals surface area contributed by atoms with Crippen LogP contribution in [0.3, 0.4) is 0 Å². The van der Waals surface area contributed by atoms with Crippen LogP contribution in [0.25, 0.3) is 0 Å². The molecule has 0 spiro atoms. The largest absolute Gasteiger partial charge is 0.329 e. The summed E-state index contributed by atoms with van der Waals surface area (Å²) in [7, 11) is 2.33. The molecule has 0 fully saturated rings. The van der Waals surface area contributed by atoms with Crippen molar-refractivity contribution in [1.82, 2.24) is 4.57 Å². The van der Waals surface area contributed by atoms with Crippen LogP contribution >= 0.6 is 0 Å². The van der Waals surface area contributed by atoms with E-state index in [1.807, 2.05) is 0 Å². The van der Waals surface area contributed by atoms with Crippen LogP contribution in [0, 0.1) is 0 Å². The zero-order valence-corrected chi connectivity index (χ0v) is 12.9. The van der Waals surface area contributed by atoms with E-state index in [-0.39, 0.29) is 0 Å². The molecule has 0 unspecified atom stereocenters. The Morgan fingerprint density at radius 3 is 1.93 bits per heavy atom. The van der Waals surface area contributed by atoms with Crippen molar-refractivity contribution in [3.63, 3.8) is 0 Å². The molecule has 0 amide bonds. The van der Waals surface area contributed by atoms with Crippen molar-refractivity contribution >= 4 is 16.3 Å². The van der Waals surface area contributed by atoms with Gasteiger partial charge in [-0.25, -0.2) is 0 Å². The molecule has 0 aliphatic rings. The predicted molar refractivity (Wildman–Crippen MR) is 73.1 cm³/mol. The zero-order chi connectivity index (χ0) is 11.4. The first-order valence-corrected chi connectivity index (χ1v) is 12.0. The molecular weight excluding hydrogens is 202 g/mol. The maximum absolute atomic E-state index is 3.95. The molecule has 0 aromatic carbocycles. The first-order valence-electron chi connectivity index (χ1n) is 5.52. The SMILES string of the molecule is C=C[Si](C)(C)CCC[Si](C)(C)N(C)C. The maximum Gasteiger partial charge on any atom is 0.121 e. The summed E-state index contributed by atoms with van der Waals surface area (Å²) >= 11 is 0. The summed E-state index contributed by atoms with van der Waals surface area (Å²) in [5.74, 6) is 0. The molecule has 84 valence electrons. The van der Waals surface area contributed by atoms with E-state index in [0.717, 1.165) is 0 Å². The van der Waals surface area contributed by atoms with Gasteiger partial charge in [0.1, 0.15) is 8.24 Å². The summed E-state index contributed by atoms with van der Waals surface area (Å²) in [5.41, 5.74) is 2.22. The molecule has 14 heavy (non-hydrogen) atoms. The van der Waals surface area contributed by atoms with Gasteiger partial charge in [0.15, 0.2) is 0 Å². The van der Waals surface area contributed by atoms with Crippen molar-refractivity contribution in [3.8, 4) is 0 Å². The highest BCUT2D eigenvalue weighted by Gasteiger charge is 2.24. The van der Waals surface area contributed by atoms with E-state index in [2.05, 4.69) is 57.1 Å². The molecule has 0 aromatic rings. The predicted octanol–water partition coefficient (Wildman–Crippen LogP) is 3.58. The molecular formula is C11H27NSi2. The van der Waals surface area contributed by atoms with Crippen molar-refractivity contribution in [2.45, 2.75) is 44.7 Å². The topological polar surface area (TPSA) is 3.24 Å². The average Bonchev–Trinajstić information content (AvgIpc) is 2.03. The standard InChI is InChI=1S/C11H27NSi2/c1-8-13(4,5)10-9-11-14(6,7)12(2)3/h8H,1,9-11H2,2-7H3. The molecule has 0 atom stereocenters. The second-order valence-electron chi connectivity index (χ2n) is 5.75. The molecule has 0 aliphatic heterocycles. The monoisotopic (exact) mass is 229 g/mol. The Morgan fingerprint density at radius 1 is 1.07 bits per heavy atom. The molecule has 0 saturated carbocycles. The van der Waals surface area contributed by atoms with Crippen LogP contribution in [0.4, 0.5) is 0 Å². The normalized spacial score (nSPS) is 13.4. The zero-order valence-electron chi connectivity index (χ0n) is 10.9. The van der Waals surface area contributed by atoms with E-state index < -0.39 is 16.3 Å². The van der Waals surface area contributed by atoms with E-state index in [1.165, 1.54) is 18.5 Å². The molecule has 0 N–H and O–H groups in total. The van der Waals surface area contributed by atoms with Gasteiger partial charge in [-0.05, 0) is 20.1 Å². The Kier molecular flexibility index (Phi) is 5.33. The fraction of sp³-hybridized carbons (Fsp3) is 0.818. The molecule has 0 aromatic heterocycles. The molecule has 0 saturated heterocycles. The van der Waals surface area contributed by atoms with Crippen molar-refractivity contribution in [2.24, 2.45) is 0 Å². The smallest absolute Gasteiger partial charge is 0.121 e. The van der Waals surface area contributed by atoms with Crippen LogP contribution < -0.4 is 0 Å². The number of nitrogens with zero attached hydrogens (tertiary/aromatic N) is 1. The van der Waals surface area contributed by atoms with Crippen LogP contribution in [0.15, 0.2) is 12.3 Å². The number of hydrogen-bond acceptors (Lipinski definition) is 1. The van der Waals surface area contributed by atoms with E-state index in [1.54, 1.807) is 0 Å². The third kappa shape index (κ3) is 5.12. The molecule has 1 nitrogen and oxygen atoms in total. The second-order valence-corrected chi connectivity index (χ2v) is 15.7. The summed E-state index contributed by atoms with van der Waals surface area (Å²) in [5, 5.41) is 0. The summed E-state index contributed by atoms with van der Waals surface area (Å²) in [6.07, 6.45) is 1.39. The Balaban J connectivity index is 3.91. The Bertz CT molecular complexity index is 186. The van der Waals surface area contributed by atoms with Gasteiger partial charge in [0, 0.05) is 0 Å². The lowest BCUT2D eigenvalue weighted by Gasteiger charge is -2.31. The third-order valence-corrected chi connectivity index (χ3v) is 10.1. The summed E-state index contributed by atoms with van der Waals surface area (Å²) in [4.78, 5) is 0. The van der Waals surface area contributed by atoms with E-state index in [0.29, 0.717) is 0 Å². The van der Waals surface area contributed by atoms with Gasteiger partial charge >= 0.3 is 0 Å². The summed E-state index contributed by atoms with van der Waals surface area (Å²) < 4.78 is 2.45. The first-order chi connectivity index (χ1) is 6.21. The molecule has 0 aliphatic carbocycles. The minimum Gasteiger partial charge on any atom is -0.329 e. The first kappa shape index (κ1) is 14.1. The van der Waals surface area contributed by atoms with Crippen LogP contribution in [-0.4, -0.2) is 35.0 Å². The number of hydrogen-bond donors (Lipinski definition) is 0. The molecule has 0 rings (SSSR count). The van der Waals surface area contributed by atoms with Crippen molar-refractivity contribution in [2.75, 3.05) is 14.1 Å². The van der Waals surface area contributed by atoms with Gasteiger partial charge in [0.25, 0.3) is 0 Å². The van der Waals surface area contributed by atoms with Crippen molar-refractivity contribution in [3.05, 3.63) is 12.3 Å². The van der Waals surface area contributed by atoms with Gasteiger partial charge < -0.3 is 4.57 Å². The molecule has 0 radical (unpaired) electrons. The Labute approximate surface area is 92.3 Å². The summed E-state index contributed by atoms with van der Waals surface area (Å²) in [6, 6.07) is 2.82. The lowest BCUT2D eigenvalue weighted by molar-refractivity contribution is 0.614. The lowest BCUT2D eigenvalue weighted by Crippen LogP contribution is -2.43. The molecule has 0 heterocycles. The highest BCUT2D eigenvalue weighted by atomic mass is 28.3. The highest BCUT2D eigenvalue weighted by molar-refractivity contribution is 6.82. The van der Waals surface area contributed by atoms with Crippen molar-refractivity contribution in [1.29, 1.82) is 0 Å². The van der Waals surface area contributed by atoms with Gasteiger partial charge in [0.05, 0.1) is 8.07 Å². The summed E-state index contributed by atoms with van der Waals surface area (Å²) in [6.45, 7) is 13.7. The Hall–Kier alpha value is 0.134. The molecule has 0 bridgehead atoms. The van der Waals surface area contributed by atoms with Gasteiger partial charge in [0.2, 0.25) is 0 Å². The fourth-order valence-electron chi connectivity index (χ4n) is 1.30. The fourth-order valence-corrected chi connectivity index (χ4v) is 4.44. The molecule has 3 heteroatoms. The maximum atomic E-state index is 3.95. The number of rotatable bonds is 6. The quantitative estimate of drug-likeness (QED) is 0.629. The van der Waals surface area contributed by atoms with Crippen LogP contribution in [0.1, 0.15) is 6.42 Å². The third-order valence-electron chi connectivity index (χ3n) is 3.37. The van der Waals surface area contributed by atoms with Crippen LogP contribution in [-0.2, 0) is 0 Å². The average molecular weight is 230 g/mol. The van der Waals surface area contributed by atoms with Crippen LogP contribution in [0.5, 0.6) is 0 Å². The minimum absolute atomic E-state index is 1.04. The van der Waals surface area contributed by atoms with Gasteiger partial charge in [-0.3, -0.25) is 0 Å². The Morgan fingerprint density at radius 2 is 1.57 bits per heavy atom. The van der Waals surface area contributed by atoms with E-state index >= 15 is 0 Å².